The number of amides is 1. The van der Waals surface area contributed by atoms with Crippen molar-refractivity contribution in [2.24, 2.45) is 0 Å². The molecule has 0 heterocycles. The molecule has 0 aliphatic carbocycles. The maximum Gasteiger partial charge on any atom is 0.249 e. The Bertz CT molecular complexity index is 547. The first-order valence-corrected chi connectivity index (χ1v) is 12.9. The quantitative estimate of drug-likeness (QED) is 0.128. The topological polar surface area (TPSA) is 110 Å². The van der Waals surface area contributed by atoms with Gasteiger partial charge in [-0.1, -0.05) is 69.6 Å². The number of carbonyl (C=O) groups is 1. The second-order valence-electron chi connectivity index (χ2n) is 8.63. The Morgan fingerprint density at radius 2 is 1.36 bits per heavy atom. The molecule has 0 aromatic rings. The number of unbranched alkanes of at least 4 members (excludes halogenated alkanes) is 6. The minimum atomic E-state index is -1.29. The van der Waals surface area contributed by atoms with Gasteiger partial charge in [0.2, 0.25) is 5.91 Å². The Labute approximate surface area is 201 Å². The van der Waals surface area contributed by atoms with Crippen LogP contribution in [-0.4, -0.2) is 57.3 Å². The van der Waals surface area contributed by atoms with E-state index in [1.54, 1.807) is 0 Å². The van der Waals surface area contributed by atoms with Gasteiger partial charge in [0.15, 0.2) is 0 Å². The number of hydrogen-bond acceptors (Lipinski definition) is 5. The Balaban J connectivity index is 4.16. The fourth-order valence-electron chi connectivity index (χ4n) is 3.42. The van der Waals surface area contributed by atoms with Crippen LogP contribution in [0.4, 0.5) is 0 Å². The molecule has 0 saturated carbocycles. The van der Waals surface area contributed by atoms with E-state index in [0.717, 1.165) is 38.5 Å². The molecule has 0 aromatic heterocycles. The van der Waals surface area contributed by atoms with Crippen LogP contribution in [0.3, 0.4) is 0 Å². The minimum absolute atomic E-state index is 0.272. The lowest BCUT2D eigenvalue weighted by atomic mass is 10.0. The van der Waals surface area contributed by atoms with E-state index < -0.39 is 36.9 Å². The maximum atomic E-state index is 12.2. The Hall–Kier alpha value is -1.47. The molecule has 33 heavy (non-hydrogen) atoms. The highest BCUT2D eigenvalue weighted by atomic mass is 16.3. The highest BCUT2D eigenvalue weighted by Gasteiger charge is 2.28. The average molecular weight is 468 g/mol. The van der Waals surface area contributed by atoms with Crippen molar-refractivity contribution in [2.75, 3.05) is 6.61 Å². The Kier molecular flexibility index (Phi) is 21.3. The smallest absolute Gasteiger partial charge is 0.249 e. The standard InChI is InChI=1S/C27H49NO5/c1-3-5-7-9-11-13-15-16-18-20-24(30)26(32)23(22-29)28-27(33)25(31)21-19-17-14-12-10-8-6-4-2/h5,7,13-15,17,23-26,29-32H,3-4,6,8-12,16,18-22H2,1-2H3,(H,28,33)/b7-5+,15-13+,17-14-. The number of carbonyl (C=O) groups excluding carboxylic acids is 1. The van der Waals surface area contributed by atoms with E-state index in [0.29, 0.717) is 19.3 Å². The molecule has 6 heteroatoms. The van der Waals surface area contributed by atoms with Crippen LogP contribution in [0.1, 0.15) is 97.3 Å². The lowest BCUT2D eigenvalue weighted by molar-refractivity contribution is -0.132. The second kappa shape index (κ2) is 22.3. The van der Waals surface area contributed by atoms with Gasteiger partial charge in [0.1, 0.15) is 12.2 Å². The van der Waals surface area contributed by atoms with Gasteiger partial charge in [-0.2, -0.15) is 0 Å². The summed E-state index contributed by atoms with van der Waals surface area (Å²) >= 11 is 0. The first-order valence-electron chi connectivity index (χ1n) is 12.9. The van der Waals surface area contributed by atoms with E-state index in [-0.39, 0.29) is 6.42 Å². The van der Waals surface area contributed by atoms with Crippen LogP contribution in [0.5, 0.6) is 0 Å². The molecular weight excluding hydrogens is 418 g/mol. The first kappa shape index (κ1) is 31.5. The highest BCUT2D eigenvalue weighted by molar-refractivity contribution is 5.80. The van der Waals surface area contributed by atoms with Crippen LogP contribution in [-0.2, 0) is 4.79 Å². The summed E-state index contributed by atoms with van der Waals surface area (Å²) in [6.45, 7) is 3.77. The third kappa shape index (κ3) is 17.6. The number of aliphatic hydroxyl groups excluding tert-OH is 4. The van der Waals surface area contributed by atoms with Crippen molar-refractivity contribution in [3.63, 3.8) is 0 Å². The lowest BCUT2D eigenvalue weighted by Gasteiger charge is -2.27. The lowest BCUT2D eigenvalue weighted by Crippen LogP contribution is -2.53. The first-order chi connectivity index (χ1) is 16.0. The molecule has 0 saturated heterocycles. The van der Waals surface area contributed by atoms with Gasteiger partial charge in [0.25, 0.3) is 0 Å². The van der Waals surface area contributed by atoms with Crippen molar-refractivity contribution in [3.05, 3.63) is 36.5 Å². The maximum absolute atomic E-state index is 12.2. The summed E-state index contributed by atoms with van der Waals surface area (Å²) in [4.78, 5) is 12.2. The summed E-state index contributed by atoms with van der Waals surface area (Å²) in [5.74, 6) is -0.642. The molecule has 1 amide bonds. The number of rotatable bonds is 21. The molecule has 0 aliphatic rings. The van der Waals surface area contributed by atoms with Gasteiger partial charge in [-0.15, -0.1) is 0 Å². The SMILES string of the molecule is CC/C=C/CC/C=C/CCCC(O)C(O)C(CO)NC(=O)C(O)CC/C=C\CCCCCC. The molecule has 4 atom stereocenters. The van der Waals surface area contributed by atoms with Crippen LogP contribution >= 0.6 is 0 Å². The molecule has 0 spiro atoms. The zero-order valence-corrected chi connectivity index (χ0v) is 20.9. The fraction of sp³-hybridized carbons (Fsp3) is 0.741. The summed E-state index contributed by atoms with van der Waals surface area (Å²) in [6, 6.07) is -1.02. The van der Waals surface area contributed by atoms with Crippen molar-refractivity contribution < 1.29 is 25.2 Å². The molecule has 4 unspecified atom stereocenters. The monoisotopic (exact) mass is 467 g/mol. The molecule has 5 N–H and O–H groups in total. The van der Waals surface area contributed by atoms with Gasteiger partial charge in [0.05, 0.1) is 18.8 Å². The minimum Gasteiger partial charge on any atom is -0.394 e. The van der Waals surface area contributed by atoms with Crippen molar-refractivity contribution in [3.8, 4) is 0 Å². The molecule has 6 nitrogen and oxygen atoms in total. The average Bonchev–Trinajstić information content (AvgIpc) is 2.82. The predicted octanol–water partition coefficient (Wildman–Crippen LogP) is 4.33. The van der Waals surface area contributed by atoms with Gasteiger partial charge >= 0.3 is 0 Å². The number of allylic oxidation sites excluding steroid dienone is 6. The van der Waals surface area contributed by atoms with Gasteiger partial charge < -0.3 is 25.7 Å². The van der Waals surface area contributed by atoms with Gasteiger partial charge in [0, 0.05) is 0 Å². The van der Waals surface area contributed by atoms with Gasteiger partial charge in [-0.25, -0.2) is 0 Å². The summed E-state index contributed by atoms with van der Waals surface area (Å²) in [7, 11) is 0. The van der Waals surface area contributed by atoms with Crippen LogP contribution in [0.15, 0.2) is 36.5 Å². The summed E-state index contributed by atoms with van der Waals surface area (Å²) in [5.41, 5.74) is 0. The number of nitrogens with one attached hydrogen (secondary N) is 1. The van der Waals surface area contributed by atoms with E-state index in [1.807, 2.05) is 6.08 Å². The van der Waals surface area contributed by atoms with Crippen molar-refractivity contribution in [1.82, 2.24) is 5.32 Å². The van der Waals surface area contributed by atoms with Gasteiger partial charge in [-0.3, -0.25) is 4.79 Å². The third-order valence-electron chi connectivity index (χ3n) is 5.57. The number of aliphatic hydroxyl groups is 4. The molecular formula is C27H49NO5. The van der Waals surface area contributed by atoms with Crippen molar-refractivity contribution >= 4 is 5.91 Å². The summed E-state index contributed by atoms with van der Waals surface area (Å²) in [5, 5.41) is 42.6. The Morgan fingerprint density at radius 3 is 2.00 bits per heavy atom. The van der Waals surface area contributed by atoms with E-state index in [1.165, 1.54) is 19.3 Å². The molecule has 0 fully saturated rings. The number of hydrogen-bond donors (Lipinski definition) is 5. The zero-order valence-electron chi connectivity index (χ0n) is 20.9. The largest absolute Gasteiger partial charge is 0.394 e. The van der Waals surface area contributed by atoms with Gasteiger partial charge in [-0.05, 0) is 64.2 Å². The van der Waals surface area contributed by atoms with E-state index in [4.69, 9.17) is 0 Å². The molecule has 0 bridgehead atoms. The molecule has 0 aliphatic heterocycles. The predicted molar refractivity (Wildman–Crippen MR) is 136 cm³/mol. The Morgan fingerprint density at radius 1 is 0.758 bits per heavy atom. The zero-order chi connectivity index (χ0) is 24.7. The molecule has 192 valence electrons. The third-order valence-corrected chi connectivity index (χ3v) is 5.57. The van der Waals surface area contributed by atoms with Crippen LogP contribution in [0.25, 0.3) is 0 Å². The van der Waals surface area contributed by atoms with E-state index >= 15 is 0 Å². The van der Waals surface area contributed by atoms with Crippen molar-refractivity contribution in [1.29, 1.82) is 0 Å². The van der Waals surface area contributed by atoms with Crippen LogP contribution < -0.4 is 5.32 Å². The molecule has 0 radical (unpaired) electrons. The molecule has 0 rings (SSSR count). The van der Waals surface area contributed by atoms with E-state index in [2.05, 4.69) is 49.5 Å². The summed E-state index contributed by atoms with van der Waals surface area (Å²) < 4.78 is 0. The molecule has 0 aromatic carbocycles. The van der Waals surface area contributed by atoms with Crippen LogP contribution in [0.2, 0.25) is 0 Å². The van der Waals surface area contributed by atoms with E-state index in [9.17, 15) is 25.2 Å². The second-order valence-corrected chi connectivity index (χ2v) is 8.63. The summed E-state index contributed by atoms with van der Waals surface area (Å²) in [6.07, 6.45) is 20.6. The highest BCUT2D eigenvalue weighted by Crippen LogP contribution is 2.11. The fourth-order valence-corrected chi connectivity index (χ4v) is 3.42. The van der Waals surface area contributed by atoms with Crippen molar-refractivity contribution in [2.45, 2.75) is 122 Å². The normalized spacial score (nSPS) is 15.9. The van der Waals surface area contributed by atoms with Crippen LogP contribution in [0, 0.1) is 0 Å².